The molecule has 1 heterocycles. The zero-order chi connectivity index (χ0) is 27.4. The van der Waals surface area contributed by atoms with Gasteiger partial charge in [-0.2, -0.15) is 5.26 Å². The minimum absolute atomic E-state index is 0.203. The molecule has 7 nitrogen and oxygen atoms in total. The number of nitriles is 1. The lowest BCUT2D eigenvalue weighted by atomic mass is 9.98. The quantitative estimate of drug-likeness (QED) is 0.321. The van der Waals surface area contributed by atoms with Gasteiger partial charge in [-0.25, -0.2) is 4.79 Å². The van der Waals surface area contributed by atoms with E-state index in [2.05, 4.69) is 22.4 Å². The lowest BCUT2D eigenvalue weighted by Gasteiger charge is -2.32. The van der Waals surface area contributed by atoms with Crippen molar-refractivity contribution in [3.63, 3.8) is 0 Å². The van der Waals surface area contributed by atoms with Crippen molar-refractivity contribution in [1.29, 1.82) is 5.26 Å². The Hall–Kier alpha value is -5.09. The molecule has 5 rings (SSSR count). The van der Waals surface area contributed by atoms with Crippen LogP contribution in [-0.2, 0) is 6.54 Å². The summed E-state index contributed by atoms with van der Waals surface area (Å²) < 4.78 is 5.94. The number of amides is 1. The molecule has 1 aliphatic rings. The predicted molar refractivity (Wildman–Crippen MR) is 149 cm³/mol. The Kier molecular flexibility index (Phi) is 7.28. The van der Waals surface area contributed by atoms with Gasteiger partial charge in [-0.3, -0.25) is 4.79 Å². The largest absolute Gasteiger partial charge is 0.490 e. The van der Waals surface area contributed by atoms with Gasteiger partial charge in [0, 0.05) is 12.1 Å². The number of rotatable bonds is 7. The molecular formula is C32H27N3O4. The van der Waals surface area contributed by atoms with Gasteiger partial charge in [0.25, 0.3) is 5.91 Å². The van der Waals surface area contributed by atoms with E-state index in [0.29, 0.717) is 36.6 Å². The van der Waals surface area contributed by atoms with Gasteiger partial charge in [-0.1, -0.05) is 48.5 Å². The van der Waals surface area contributed by atoms with Crippen molar-refractivity contribution >= 4 is 17.6 Å². The Balaban J connectivity index is 1.33. The number of hydrogen-bond acceptors (Lipinski definition) is 5. The number of carboxylic acids is 1. The van der Waals surface area contributed by atoms with Crippen LogP contribution >= 0.6 is 0 Å². The first-order valence-corrected chi connectivity index (χ1v) is 12.7. The summed E-state index contributed by atoms with van der Waals surface area (Å²) >= 11 is 0. The van der Waals surface area contributed by atoms with Gasteiger partial charge in [-0.15, -0.1) is 0 Å². The van der Waals surface area contributed by atoms with Crippen LogP contribution in [0.25, 0.3) is 11.1 Å². The normalized spacial score (nSPS) is 13.0. The highest BCUT2D eigenvalue weighted by Crippen LogP contribution is 2.35. The third kappa shape index (κ3) is 5.60. The van der Waals surface area contributed by atoms with Crippen LogP contribution in [0, 0.1) is 11.3 Å². The third-order valence-electron chi connectivity index (χ3n) is 6.89. The number of ether oxygens (including phenoxy) is 1. The van der Waals surface area contributed by atoms with E-state index in [-0.39, 0.29) is 17.5 Å². The summed E-state index contributed by atoms with van der Waals surface area (Å²) in [5.74, 6) is -0.495. The fourth-order valence-electron chi connectivity index (χ4n) is 4.73. The molecule has 4 aromatic carbocycles. The molecule has 0 aliphatic carbocycles. The summed E-state index contributed by atoms with van der Waals surface area (Å²) in [4.78, 5) is 26.5. The molecule has 0 bridgehead atoms. The van der Waals surface area contributed by atoms with Crippen molar-refractivity contribution in [3.05, 3.63) is 119 Å². The minimum Gasteiger partial charge on any atom is -0.490 e. The van der Waals surface area contributed by atoms with Crippen LogP contribution < -0.4 is 15.0 Å². The maximum absolute atomic E-state index is 13.0. The monoisotopic (exact) mass is 517 g/mol. The Morgan fingerprint density at radius 2 is 1.72 bits per heavy atom. The average molecular weight is 518 g/mol. The fraction of sp³-hybridized carbons (Fsp3) is 0.156. The van der Waals surface area contributed by atoms with Crippen LogP contribution in [0.2, 0.25) is 0 Å². The number of nitrogens with one attached hydrogen (secondary N) is 1. The van der Waals surface area contributed by atoms with Gasteiger partial charge >= 0.3 is 5.97 Å². The van der Waals surface area contributed by atoms with Crippen LogP contribution in [0.15, 0.2) is 91.0 Å². The van der Waals surface area contributed by atoms with Crippen molar-refractivity contribution in [1.82, 2.24) is 5.32 Å². The van der Waals surface area contributed by atoms with E-state index in [0.717, 1.165) is 27.9 Å². The predicted octanol–water partition coefficient (Wildman–Crippen LogP) is 5.81. The second-order valence-corrected chi connectivity index (χ2v) is 9.42. The molecule has 0 fully saturated rings. The van der Waals surface area contributed by atoms with Crippen LogP contribution in [0.5, 0.6) is 5.75 Å². The van der Waals surface area contributed by atoms with Crippen molar-refractivity contribution in [3.8, 4) is 22.9 Å². The summed E-state index contributed by atoms with van der Waals surface area (Å²) in [7, 11) is 0. The summed E-state index contributed by atoms with van der Waals surface area (Å²) in [5.41, 5.74) is 6.26. The van der Waals surface area contributed by atoms with Crippen molar-refractivity contribution < 1.29 is 19.4 Å². The lowest BCUT2D eigenvalue weighted by Crippen LogP contribution is -2.33. The summed E-state index contributed by atoms with van der Waals surface area (Å²) in [6, 6.07) is 29.5. The molecule has 0 radical (unpaired) electrons. The standard InChI is InChI=1S/C32H27N3O4/c1-21(23-8-6-22(19-33)7-9-23)34-31(36)26-14-15-29-30(18-26)39-17-16-35(29)20-27-4-2-3-5-28(27)24-10-12-25(13-11-24)32(37)38/h2-15,18,21H,16-17,20H2,1H3,(H,34,36)(H,37,38). The molecule has 39 heavy (non-hydrogen) atoms. The highest BCUT2D eigenvalue weighted by atomic mass is 16.5. The molecule has 1 unspecified atom stereocenters. The Morgan fingerprint density at radius 1 is 1.00 bits per heavy atom. The molecule has 0 spiro atoms. The summed E-state index contributed by atoms with van der Waals surface area (Å²) in [6.45, 7) is 3.73. The highest BCUT2D eigenvalue weighted by molar-refractivity contribution is 5.95. The number of carboxylic acid groups (broad SMARTS) is 1. The van der Waals surface area contributed by atoms with Crippen LogP contribution in [0.1, 0.15) is 50.4 Å². The SMILES string of the molecule is CC(NC(=O)c1ccc2c(c1)OCCN2Cc1ccccc1-c1ccc(C(=O)O)cc1)c1ccc(C#N)cc1. The lowest BCUT2D eigenvalue weighted by molar-refractivity contribution is 0.0696. The van der Waals surface area contributed by atoms with Crippen molar-refractivity contribution in [2.45, 2.75) is 19.5 Å². The van der Waals surface area contributed by atoms with Gasteiger partial charge < -0.3 is 20.1 Å². The van der Waals surface area contributed by atoms with Crippen molar-refractivity contribution in [2.75, 3.05) is 18.1 Å². The molecule has 2 N–H and O–H groups in total. The minimum atomic E-state index is -0.948. The van der Waals surface area contributed by atoms with Gasteiger partial charge in [-0.05, 0) is 71.6 Å². The average Bonchev–Trinajstić information content (AvgIpc) is 2.97. The van der Waals surface area contributed by atoms with E-state index in [1.807, 2.05) is 55.5 Å². The Morgan fingerprint density at radius 3 is 2.44 bits per heavy atom. The zero-order valence-electron chi connectivity index (χ0n) is 21.4. The Bertz CT molecular complexity index is 1560. The maximum atomic E-state index is 13.0. The fourth-order valence-corrected chi connectivity index (χ4v) is 4.73. The molecule has 0 aromatic heterocycles. The van der Waals surface area contributed by atoms with Crippen LogP contribution in [0.4, 0.5) is 5.69 Å². The smallest absolute Gasteiger partial charge is 0.335 e. The van der Waals surface area contributed by atoms with E-state index in [9.17, 15) is 14.7 Å². The summed E-state index contributed by atoms with van der Waals surface area (Å²) in [6.07, 6.45) is 0. The molecule has 1 amide bonds. The number of nitrogens with zero attached hydrogens (tertiary/aromatic N) is 2. The molecule has 0 saturated carbocycles. The van der Waals surface area contributed by atoms with Gasteiger partial charge in [0.2, 0.25) is 0 Å². The van der Waals surface area contributed by atoms with E-state index >= 15 is 0 Å². The number of carbonyl (C=O) groups excluding carboxylic acids is 1. The topological polar surface area (TPSA) is 103 Å². The second-order valence-electron chi connectivity index (χ2n) is 9.42. The van der Waals surface area contributed by atoms with E-state index < -0.39 is 5.97 Å². The number of anilines is 1. The third-order valence-corrected chi connectivity index (χ3v) is 6.89. The molecule has 1 atom stereocenters. The van der Waals surface area contributed by atoms with Gasteiger partial charge in [0.05, 0.1) is 35.5 Å². The number of aromatic carboxylic acids is 1. The number of hydrogen-bond donors (Lipinski definition) is 2. The highest BCUT2D eigenvalue weighted by Gasteiger charge is 2.22. The number of benzene rings is 4. The molecule has 1 aliphatic heterocycles. The molecule has 0 saturated heterocycles. The maximum Gasteiger partial charge on any atom is 0.335 e. The molecule has 4 aromatic rings. The first kappa shape index (κ1) is 25.6. The van der Waals surface area contributed by atoms with Gasteiger partial charge in [0.15, 0.2) is 0 Å². The zero-order valence-corrected chi connectivity index (χ0v) is 21.4. The van der Waals surface area contributed by atoms with E-state index in [4.69, 9.17) is 10.00 Å². The second kappa shape index (κ2) is 11.1. The Labute approximate surface area is 226 Å². The summed E-state index contributed by atoms with van der Waals surface area (Å²) in [5, 5.41) is 21.2. The van der Waals surface area contributed by atoms with Gasteiger partial charge in [0.1, 0.15) is 12.4 Å². The van der Waals surface area contributed by atoms with E-state index in [1.54, 1.807) is 36.4 Å². The first-order chi connectivity index (χ1) is 18.9. The van der Waals surface area contributed by atoms with Crippen LogP contribution in [0.3, 0.4) is 0 Å². The molecule has 194 valence electrons. The van der Waals surface area contributed by atoms with E-state index in [1.165, 1.54) is 0 Å². The number of carbonyl (C=O) groups is 2. The first-order valence-electron chi connectivity index (χ1n) is 12.7. The van der Waals surface area contributed by atoms with Crippen molar-refractivity contribution in [2.24, 2.45) is 0 Å². The molecular weight excluding hydrogens is 490 g/mol. The molecule has 7 heteroatoms. The van der Waals surface area contributed by atoms with Crippen LogP contribution in [-0.4, -0.2) is 30.1 Å². The number of fused-ring (bicyclic) bond motifs is 1.